The van der Waals surface area contributed by atoms with Gasteiger partial charge in [0.1, 0.15) is 0 Å². The Labute approximate surface area is 114 Å². The maximum atomic E-state index is 11.4. The summed E-state index contributed by atoms with van der Waals surface area (Å²) in [4.78, 5) is 11.4. The third kappa shape index (κ3) is 5.19. The maximum absolute atomic E-state index is 11.4. The molecule has 1 heterocycles. The molecule has 1 aliphatic carbocycles. The van der Waals surface area contributed by atoms with Crippen LogP contribution < -0.4 is 10.6 Å². The van der Waals surface area contributed by atoms with Gasteiger partial charge in [-0.2, -0.15) is 0 Å². The molecular weight excluding hydrogens is 300 g/mol. The minimum atomic E-state index is 0.201. The molecule has 94 valence electrons. The summed E-state index contributed by atoms with van der Waals surface area (Å²) in [5, 5.41) is 8.48. The molecule has 0 atom stereocenters. The van der Waals surface area contributed by atoms with Gasteiger partial charge in [-0.25, -0.2) is 0 Å². The maximum Gasteiger partial charge on any atom is 0.220 e. The predicted octanol–water partition coefficient (Wildman–Crippen LogP) is 2.66. The predicted molar refractivity (Wildman–Crippen MR) is 74.1 cm³/mol. The first kappa shape index (κ1) is 13.1. The highest BCUT2D eigenvalue weighted by Gasteiger charge is 2.22. The number of hydrogen-bond donors (Lipinski definition) is 2. The molecule has 5 heteroatoms. The van der Waals surface area contributed by atoms with E-state index in [0.29, 0.717) is 12.5 Å². The third-order valence-electron chi connectivity index (χ3n) is 2.65. The van der Waals surface area contributed by atoms with E-state index in [0.717, 1.165) is 36.1 Å². The molecule has 17 heavy (non-hydrogen) atoms. The fraction of sp³-hybridized carbons (Fsp3) is 0.583. The zero-order chi connectivity index (χ0) is 12.1. The molecule has 2 N–H and O–H groups in total. The van der Waals surface area contributed by atoms with Crippen LogP contribution in [0.15, 0.2) is 15.2 Å². The van der Waals surface area contributed by atoms with Crippen LogP contribution in [-0.4, -0.2) is 18.5 Å². The van der Waals surface area contributed by atoms with Crippen molar-refractivity contribution in [1.29, 1.82) is 0 Å². The second-order valence-electron chi connectivity index (χ2n) is 4.38. The first-order valence-electron chi connectivity index (χ1n) is 5.97. The molecular formula is C12H17BrN2OS. The largest absolute Gasteiger partial charge is 0.353 e. The van der Waals surface area contributed by atoms with E-state index < -0.39 is 0 Å². The number of carbonyl (C=O) groups excluding carboxylic acids is 1. The Hall–Kier alpha value is -0.390. The molecule has 0 unspecified atom stereocenters. The first-order chi connectivity index (χ1) is 8.24. The van der Waals surface area contributed by atoms with Crippen molar-refractivity contribution >= 4 is 33.2 Å². The van der Waals surface area contributed by atoms with Crippen molar-refractivity contribution in [3.05, 3.63) is 20.8 Å². The Morgan fingerprint density at radius 1 is 1.53 bits per heavy atom. The van der Waals surface area contributed by atoms with E-state index in [-0.39, 0.29) is 5.91 Å². The van der Waals surface area contributed by atoms with Crippen LogP contribution in [0.4, 0.5) is 0 Å². The van der Waals surface area contributed by atoms with E-state index >= 15 is 0 Å². The Kier molecular flexibility index (Phi) is 5.00. The average Bonchev–Trinajstić information content (AvgIpc) is 3.00. The molecule has 1 saturated carbocycles. The average molecular weight is 317 g/mol. The van der Waals surface area contributed by atoms with E-state index in [1.807, 2.05) is 0 Å². The number of amides is 1. The van der Waals surface area contributed by atoms with Crippen molar-refractivity contribution in [2.75, 3.05) is 6.54 Å². The summed E-state index contributed by atoms with van der Waals surface area (Å²) in [6.45, 7) is 1.78. The van der Waals surface area contributed by atoms with Crippen molar-refractivity contribution in [1.82, 2.24) is 10.6 Å². The van der Waals surface area contributed by atoms with Crippen LogP contribution in [0.2, 0.25) is 0 Å². The number of hydrogen-bond acceptors (Lipinski definition) is 3. The van der Waals surface area contributed by atoms with E-state index in [1.54, 1.807) is 11.3 Å². The highest BCUT2D eigenvalue weighted by molar-refractivity contribution is 9.11. The second kappa shape index (κ2) is 6.52. The van der Waals surface area contributed by atoms with Gasteiger partial charge in [0.2, 0.25) is 5.91 Å². The van der Waals surface area contributed by atoms with Crippen molar-refractivity contribution < 1.29 is 4.79 Å². The van der Waals surface area contributed by atoms with Gasteiger partial charge in [-0.05, 0) is 58.7 Å². The fourth-order valence-electron chi connectivity index (χ4n) is 1.57. The molecule has 1 aromatic heterocycles. The smallest absolute Gasteiger partial charge is 0.220 e. The van der Waals surface area contributed by atoms with E-state index in [1.165, 1.54) is 5.56 Å². The number of halogens is 1. The number of carbonyl (C=O) groups is 1. The zero-order valence-corrected chi connectivity index (χ0v) is 12.1. The van der Waals surface area contributed by atoms with Crippen molar-refractivity contribution in [2.24, 2.45) is 0 Å². The molecule has 0 radical (unpaired) electrons. The Morgan fingerprint density at radius 2 is 2.35 bits per heavy atom. The highest BCUT2D eigenvalue weighted by atomic mass is 79.9. The molecule has 3 nitrogen and oxygen atoms in total. The Morgan fingerprint density at radius 3 is 3.00 bits per heavy atom. The molecule has 1 fully saturated rings. The SMILES string of the molecule is O=C(CCCNCc1csc(Br)c1)NC1CC1. The lowest BCUT2D eigenvalue weighted by molar-refractivity contribution is -0.121. The first-order valence-corrected chi connectivity index (χ1v) is 7.64. The van der Waals surface area contributed by atoms with Gasteiger partial charge in [-0.15, -0.1) is 11.3 Å². The van der Waals surface area contributed by atoms with Crippen molar-refractivity contribution in [2.45, 2.75) is 38.3 Å². The number of nitrogens with one attached hydrogen (secondary N) is 2. The fourth-order valence-corrected chi connectivity index (χ4v) is 2.78. The normalized spacial score (nSPS) is 14.9. The monoisotopic (exact) mass is 316 g/mol. The lowest BCUT2D eigenvalue weighted by atomic mass is 10.3. The van der Waals surface area contributed by atoms with Crippen LogP contribution in [0, 0.1) is 0 Å². The van der Waals surface area contributed by atoms with Crippen LogP contribution in [0.5, 0.6) is 0 Å². The summed E-state index contributed by atoms with van der Waals surface area (Å²) >= 11 is 5.14. The molecule has 1 amide bonds. The van der Waals surface area contributed by atoms with Gasteiger partial charge in [-0.1, -0.05) is 0 Å². The molecule has 0 aromatic carbocycles. The van der Waals surface area contributed by atoms with Crippen LogP contribution in [0.3, 0.4) is 0 Å². The lowest BCUT2D eigenvalue weighted by Crippen LogP contribution is -2.26. The second-order valence-corrected chi connectivity index (χ2v) is 6.67. The molecule has 1 aliphatic rings. The minimum Gasteiger partial charge on any atom is -0.353 e. The summed E-state index contributed by atoms with van der Waals surface area (Å²) in [6, 6.07) is 2.61. The lowest BCUT2D eigenvalue weighted by Gasteiger charge is -2.04. The molecule has 1 aromatic rings. The van der Waals surface area contributed by atoms with Crippen LogP contribution in [0.25, 0.3) is 0 Å². The highest BCUT2D eigenvalue weighted by Crippen LogP contribution is 2.20. The summed E-state index contributed by atoms with van der Waals surface area (Å²) in [6.07, 6.45) is 3.87. The van der Waals surface area contributed by atoms with Gasteiger partial charge in [0.05, 0.1) is 3.79 Å². The van der Waals surface area contributed by atoms with Gasteiger partial charge in [-0.3, -0.25) is 4.79 Å². The molecule has 2 rings (SSSR count). The quantitative estimate of drug-likeness (QED) is 0.759. The summed E-state index contributed by atoms with van der Waals surface area (Å²) in [7, 11) is 0. The standard InChI is InChI=1S/C12H17BrN2OS/c13-11-6-9(8-17-11)7-14-5-1-2-12(16)15-10-3-4-10/h6,8,10,14H,1-5,7H2,(H,15,16). The van der Waals surface area contributed by atoms with Gasteiger partial charge in [0, 0.05) is 19.0 Å². The Balaban J connectivity index is 1.49. The zero-order valence-electron chi connectivity index (χ0n) is 9.67. The topological polar surface area (TPSA) is 41.1 Å². The van der Waals surface area contributed by atoms with E-state index in [2.05, 4.69) is 38.0 Å². The van der Waals surface area contributed by atoms with Gasteiger partial charge < -0.3 is 10.6 Å². The Bertz CT molecular complexity index is 376. The summed E-state index contributed by atoms with van der Waals surface area (Å²) < 4.78 is 1.16. The van der Waals surface area contributed by atoms with Crippen LogP contribution >= 0.6 is 27.3 Å². The summed E-state index contributed by atoms with van der Waals surface area (Å²) in [5.74, 6) is 0.201. The minimum absolute atomic E-state index is 0.201. The number of thiophene rings is 1. The molecule has 0 spiro atoms. The van der Waals surface area contributed by atoms with Gasteiger partial charge >= 0.3 is 0 Å². The van der Waals surface area contributed by atoms with Gasteiger partial charge in [0.25, 0.3) is 0 Å². The van der Waals surface area contributed by atoms with E-state index in [9.17, 15) is 4.79 Å². The van der Waals surface area contributed by atoms with Crippen molar-refractivity contribution in [3.8, 4) is 0 Å². The molecule has 0 aliphatic heterocycles. The molecule has 0 saturated heterocycles. The van der Waals surface area contributed by atoms with Crippen LogP contribution in [-0.2, 0) is 11.3 Å². The van der Waals surface area contributed by atoms with Crippen molar-refractivity contribution in [3.63, 3.8) is 0 Å². The van der Waals surface area contributed by atoms with Gasteiger partial charge in [0.15, 0.2) is 0 Å². The molecule has 0 bridgehead atoms. The van der Waals surface area contributed by atoms with Crippen LogP contribution in [0.1, 0.15) is 31.2 Å². The van der Waals surface area contributed by atoms with E-state index in [4.69, 9.17) is 0 Å². The third-order valence-corrected chi connectivity index (χ3v) is 4.20. The number of rotatable bonds is 7. The summed E-state index contributed by atoms with van der Waals surface area (Å²) in [5.41, 5.74) is 1.30.